The van der Waals surface area contributed by atoms with Crippen molar-refractivity contribution >= 4 is 17.7 Å². The molecular formula is C23H22N4O3S. The zero-order chi connectivity index (χ0) is 21.6. The lowest BCUT2D eigenvalue weighted by molar-refractivity contribution is -0.127. The lowest BCUT2D eigenvalue weighted by atomic mass is 10.2. The Morgan fingerprint density at radius 3 is 2.55 bits per heavy atom. The zero-order valence-electron chi connectivity index (χ0n) is 16.9. The van der Waals surface area contributed by atoms with Crippen molar-refractivity contribution in [1.29, 1.82) is 0 Å². The van der Waals surface area contributed by atoms with Crippen molar-refractivity contribution in [3.63, 3.8) is 0 Å². The van der Waals surface area contributed by atoms with Crippen LogP contribution in [0.2, 0.25) is 0 Å². The Kier molecular flexibility index (Phi) is 6.37. The van der Waals surface area contributed by atoms with E-state index in [0.29, 0.717) is 35.6 Å². The Balaban J connectivity index is 1.65. The lowest BCUT2D eigenvalue weighted by Crippen LogP contribution is -2.32. The molecule has 4 rings (SSSR count). The molecule has 0 spiro atoms. The molecule has 3 aromatic rings. The monoisotopic (exact) mass is 434 g/mol. The molecule has 1 aliphatic heterocycles. The van der Waals surface area contributed by atoms with Gasteiger partial charge in [-0.2, -0.15) is 0 Å². The highest BCUT2D eigenvalue weighted by atomic mass is 32.2. The van der Waals surface area contributed by atoms with E-state index in [1.165, 1.54) is 11.8 Å². The Morgan fingerprint density at radius 1 is 1.06 bits per heavy atom. The van der Waals surface area contributed by atoms with Crippen molar-refractivity contribution in [3.05, 3.63) is 73.8 Å². The Bertz CT molecular complexity index is 1090. The molecule has 0 saturated heterocycles. The van der Waals surface area contributed by atoms with Gasteiger partial charge < -0.3 is 14.4 Å². The molecule has 1 aromatic heterocycles. The van der Waals surface area contributed by atoms with Crippen LogP contribution in [-0.2, 0) is 4.79 Å². The van der Waals surface area contributed by atoms with Gasteiger partial charge in [-0.05, 0) is 30.3 Å². The van der Waals surface area contributed by atoms with Crippen LogP contribution in [-0.4, -0.2) is 51.2 Å². The summed E-state index contributed by atoms with van der Waals surface area (Å²) >= 11 is 1.34. The maximum Gasteiger partial charge on any atom is 0.233 e. The van der Waals surface area contributed by atoms with Crippen LogP contribution in [0.15, 0.2) is 79.0 Å². The molecule has 1 aliphatic rings. The Morgan fingerprint density at radius 2 is 1.81 bits per heavy atom. The number of benzene rings is 2. The molecule has 2 aromatic carbocycles. The molecule has 0 fully saturated rings. The summed E-state index contributed by atoms with van der Waals surface area (Å²) in [6, 6.07) is 15.5. The molecule has 0 atom stereocenters. The largest absolute Gasteiger partial charge is 0.454 e. The van der Waals surface area contributed by atoms with Crippen molar-refractivity contribution < 1.29 is 14.3 Å². The summed E-state index contributed by atoms with van der Waals surface area (Å²) < 4.78 is 12.9. The number of thioether (sulfide) groups is 1. The van der Waals surface area contributed by atoms with Crippen LogP contribution in [0.4, 0.5) is 0 Å². The van der Waals surface area contributed by atoms with E-state index in [4.69, 9.17) is 9.47 Å². The van der Waals surface area contributed by atoms with E-state index in [1.807, 2.05) is 53.1 Å². The van der Waals surface area contributed by atoms with Crippen LogP contribution in [0, 0.1) is 0 Å². The van der Waals surface area contributed by atoms with Crippen molar-refractivity contribution in [2.45, 2.75) is 5.16 Å². The van der Waals surface area contributed by atoms with E-state index in [2.05, 4.69) is 23.4 Å². The molecule has 0 radical (unpaired) electrons. The van der Waals surface area contributed by atoms with Gasteiger partial charge in [0.1, 0.15) is 0 Å². The summed E-state index contributed by atoms with van der Waals surface area (Å²) in [5.74, 6) is 2.26. The number of carbonyl (C=O) groups excluding carboxylic acids is 1. The first-order valence-electron chi connectivity index (χ1n) is 9.74. The average molecular weight is 435 g/mol. The van der Waals surface area contributed by atoms with Crippen molar-refractivity contribution in [3.8, 4) is 28.6 Å². The topological polar surface area (TPSA) is 69.5 Å². The fourth-order valence-corrected chi connectivity index (χ4v) is 4.06. The molecule has 0 unspecified atom stereocenters. The number of para-hydroxylation sites is 1. The second kappa shape index (κ2) is 9.53. The summed E-state index contributed by atoms with van der Waals surface area (Å²) in [4.78, 5) is 14.4. The number of hydrogen-bond donors (Lipinski definition) is 0. The van der Waals surface area contributed by atoms with Gasteiger partial charge in [0.15, 0.2) is 22.5 Å². The maximum atomic E-state index is 12.7. The first-order chi connectivity index (χ1) is 15.2. The van der Waals surface area contributed by atoms with E-state index in [1.54, 1.807) is 17.1 Å². The summed E-state index contributed by atoms with van der Waals surface area (Å²) in [5, 5.41) is 9.43. The van der Waals surface area contributed by atoms with Gasteiger partial charge in [-0.25, -0.2) is 0 Å². The van der Waals surface area contributed by atoms with Gasteiger partial charge in [0, 0.05) is 24.3 Å². The molecule has 8 heteroatoms. The van der Waals surface area contributed by atoms with Gasteiger partial charge >= 0.3 is 0 Å². The second-order valence-electron chi connectivity index (χ2n) is 6.71. The molecule has 0 N–H and O–H groups in total. The van der Waals surface area contributed by atoms with Gasteiger partial charge in [0.05, 0.1) is 5.75 Å². The number of rotatable bonds is 9. The van der Waals surface area contributed by atoms with E-state index < -0.39 is 0 Å². The van der Waals surface area contributed by atoms with E-state index in [9.17, 15) is 4.79 Å². The van der Waals surface area contributed by atoms with Crippen LogP contribution >= 0.6 is 11.8 Å². The zero-order valence-corrected chi connectivity index (χ0v) is 17.8. The van der Waals surface area contributed by atoms with Crippen LogP contribution in [0.3, 0.4) is 0 Å². The quantitative estimate of drug-likeness (QED) is 0.375. The highest BCUT2D eigenvalue weighted by molar-refractivity contribution is 7.99. The minimum absolute atomic E-state index is 0.0166. The third-order valence-corrected chi connectivity index (χ3v) is 5.57. The SMILES string of the molecule is C=CCN(CC=C)C(=O)CSc1nnc(-c2ccc3c(c2)OCO3)n1-c1ccccc1. The Labute approximate surface area is 185 Å². The van der Waals surface area contributed by atoms with Crippen molar-refractivity contribution in [2.24, 2.45) is 0 Å². The van der Waals surface area contributed by atoms with Gasteiger partial charge in [-0.1, -0.05) is 42.1 Å². The second-order valence-corrected chi connectivity index (χ2v) is 7.65. The summed E-state index contributed by atoms with van der Waals surface area (Å²) in [6.07, 6.45) is 3.41. The molecule has 0 bridgehead atoms. The average Bonchev–Trinajstić information content (AvgIpc) is 3.44. The summed E-state index contributed by atoms with van der Waals surface area (Å²) in [7, 11) is 0. The molecule has 0 aliphatic carbocycles. The Hall–Kier alpha value is -3.52. The number of nitrogens with zero attached hydrogens (tertiary/aromatic N) is 4. The molecule has 7 nitrogen and oxygen atoms in total. The third kappa shape index (κ3) is 4.49. The molecule has 31 heavy (non-hydrogen) atoms. The maximum absolute atomic E-state index is 12.7. The van der Waals surface area contributed by atoms with E-state index >= 15 is 0 Å². The van der Waals surface area contributed by atoms with Crippen LogP contribution in [0.5, 0.6) is 11.5 Å². The van der Waals surface area contributed by atoms with Crippen LogP contribution in [0.25, 0.3) is 17.1 Å². The third-order valence-electron chi connectivity index (χ3n) is 4.65. The number of ether oxygens (including phenoxy) is 2. The normalized spacial score (nSPS) is 11.9. The number of amides is 1. The fraction of sp³-hybridized carbons (Fsp3) is 0.174. The standard InChI is InChI=1S/C23H22N4O3S/c1-3-12-26(13-4-2)21(28)15-31-23-25-24-22(27(23)18-8-6-5-7-9-18)17-10-11-19-20(14-17)30-16-29-19/h3-11,14H,1-2,12-13,15-16H2. The van der Waals surface area contributed by atoms with Crippen molar-refractivity contribution in [2.75, 3.05) is 25.6 Å². The van der Waals surface area contributed by atoms with Gasteiger partial charge in [0.2, 0.25) is 12.7 Å². The van der Waals surface area contributed by atoms with Crippen LogP contribution in [0.1, 0.15) is 0 Å². The summed E-state index contributed by atoms with van der Waals surface area (Å²) in [6.45, 7) is 8.59. The molecule has 158 valence electrons. The molecule has 2 heterocycles. The lowest BCUT2D eigenvalue weighted by Gasteiger charge is -2.19. The number of aromatic nitrogens is 3. The molecule has 0 saturated carbocycles. The van der Waals surface area contributed by atoms with Crippen LogP contribution < -0.4 is 9.47 Å². The first-order valence-corrected chi connectivity index (χ1v) is 10.7. The predicted molar refractivity (Wildman–Crippen MR) is 121 cm³/mol. The fourth-order valence-electron chi connectivity index (χ4n) is 3.20. The summed E-state index contributed by atoms with van der Waals surface area (Å²) in [5.41, 5.74) is 1.75. The highest BCUT2D eigenvalue weighted by Crippen LogP contribution is 2.37. The van der Waals surface area contributed by atoms with Gasteiger partial charge in [-0.3, -0.25) is 9.36 Å². The van der Waals surface area contributed by atoms with E-state index in [-0.39, 0.29) is 18.5 Å². The number of fused-ring (bicyclic) bond motifs is 1. The number of hydrogen-bond acceptors (Lipinski definition) is 6. The van der Waals surface area contributed by atoms with Gasteiger partial charge in [-0.15, -0.1) is 23.4 Å². The first kappa shape index (κ1) is 20.7. The minimum atomic E-state index is -0.0166. The smallest absolute Gasteiger partial charge is 0.233 e. The molecular weight excluding hydrogens is 412 g/mol. The predicted octanol–water partition coefficient (Wildman–Crippen LogP) is 3.96. The van der Waals surface area contributed by atoms with E-state index in [0.717, 1.165) is 11.3 Å². The highest BCUT2D eigenvalue weighted by Gasteiger charge is 2.21. The molecule has 1 amide bonds. The minimum Gasteiger partial charge on any atom is -0.454 e. The van der Waals surface area contributed by atoms with Gasteiger partial charge in [0.25, 0.3) is 0 Å². The van der Waals surface area contributed by atoms with Crippen molar-refractivity contribution in [1.82, 2.24) is 19.7 Å². The number of carbonyl (C=O) groups is 1.